The molecular weight excluding hydrogens is 410 g/mol. The van der Waals surface area contributed by atoms with Gasteiger partial charge in [-0.25, -0.2) is 8.42 Å². The molecule has 3 rings (SSSR count). The maximum atomic E-state index is 12.5. The number of rotatable bonds is 5. The Hall–Kier alpha value is -3.27. The van der Waals surface area contributed by atoms with E-state index in [1.54, 1.807) is 24.3 Å². The van der Waals surface area contributed by atoms with Crippen LogP contribution in [0.4, 0.5) is 5.69 Å². The quantitative estimate of drug-likeness (QED) is 0.691. The third-order valence-corrected chi connectivity index (χ3v) is 6.06. The Morgan fingerprint density at radius 1 is 0.967 bits per heavy atom. The second-order valence-corrected chi connectivity index (χ2v) is 8.79. The molecule has 0 radical (unpaired) electrons. The van der Waals surface area contributed by atoms with Crippen molar-refractivity contribution in [2.24, 2.45) is 0 Å². The van der Waals surface area contributed by atoms with E-state index < -0.39 is 21.8 Å². The van der Waals surface area contributed by atoms with Gasteiger partial charge in [0, 0.05) is 17.2 Å². The monoisotopic (exact) mass is 433 g/mol. The smallest absolute Gasteiger partial charge is 0.269 e. The molecule has 30 heavy (non-hydrogen) atoms. The summed E-state index contributed by atoms with van der Waals surface area (Å²) in [6, 6.07) is 9.16. The number of nitrogens with zero attached hydrogens (tertiary/aromatic N) is 1. The number of fused-ring (bicyclic) bond motifs is 1. The predicted molar refractivity (Wildman–Crippen MR) is 111 cm³/mol. The van der Waals surface area contributed by atoms with Crippen molar-refractivity contribution in [2.45, 2.75) is 19.4 Å². The molecule has 2 N–H and O–H groups in total. The molecule has 0 saturated heterocycles. The van der Waals surface area contributed by atoms with Crippen molar-refractivity contribution in [3.8, 4) is 11.5 Å². The minimum absolute atomic E-state index is 0.224. The molecule has 160 valence electrons. The number of hydrazine groups is 1. The first-order chi connectivity index (χ1) is 14.2. The molecule has 1 heterocycles. The van der Waals surface area contributed by atoms with Crippen LogP contribution in [0.15, 0.2) is 36.4 Å². The van der Waals surface area contributed by atoms with Gasteiger partial charge >= 0.3 is 0 Å². The lowest BCUT2D eigenvalue weighted by molar-refractivity contribution is 0.0846. The van der Waals surface area contributed by atoms with Crippen molar-refractivity contribution in [3.05, 3.63) is 53.1 Å². The zero-order valence-corrected chi connectivity index (χ0v) is 17.9. The largest absolute Gasteiger partial charge is 0.493 e. The van der Waals surface area contributed by atoms with Crippen molar-refractivity contribution in [1.82, 2.24) is 10.9 Å². The Bertz CT molecular complexity index is 1100. The Labute approximate surface area is 175 Å². The van der Waals surface area contributed by atoms with Gasteiger partial charge in [0.1, 0.15) is 0 Å². The Kier molecular flexibility index (Phi) is 5.88. The molecule has 0 saturated carbocycles. The Balaban J connectivity index is 1.70. The molecule has 0 fully saturated rings. The van der Waals surface area contributed by atoms with Crippen LogP contribution in [-0.4, -0.2) is 46.7 Å². The summed E-state index contributed by atoms with van der Waals surface area (Å²) in [6.45, 7) is 1.81. The summed E-state index contributed by atoms with van der Waals surface area (Å²) < 4.78 is 35.7. The van der Waals surface area contributed by atoms with E-state index in [1.165, 1.54) is 30.7 Å². The van der Waals surface area contributed by atoms with Gasteiger partial charge in [-0.3, -0.25) is 24.7 Å². The van der Waals surface area contributed by atoms with Crippen LogP contribution in [0.5, 0.6) is 11.5 Å². The highest BCUT2D eigenvalue weighted by Gasteiger charge is 2.32. The molecular formula is C20H23N3O6S. The maximum absolute atomic E-state index is 12.5. The number of hydrogen-bond donors (Lipinski definition) is 2. The van der Waals surface area contributed by atoms with Crippen LogP contribution in [-0.2, 0) is 16.4 Å². The third-order valence-electron chi connectivity index (χ3n) is 4.79. The summed E-state index contributed by atoms with van der Waals surface area (Å²) in [6.07, 6.45) is 1.66. The molecule has 2 amide bonds. The summed E-state index contributed by atoms with van der Waals surface area (Å²) in [5, 5.41) is 0. The summed E-state index contributed by atoms with van der Waals surface area (Å²) in [4.78, 5) is 24.8. The van der Waals surface area contributed by atoms with Crippen LogP contribution < -0.4 is 24.6 Å². The number of hydrogen-bond acceptors (Lipinski definition) is 6. The topological polar surface area (TPSA) is 114 Å². The summed E-state index contributed by atoms with van der Waals surface area (Å²) in [5.74, 6) is -0.173. The molecule has 9 nitrogen and oxygen atoms in total. The fourth-order valence-electron chi connectivity index (χ4n) is 3.48. The zero-order chi connectivity index (χ0) is 22.1. The Morgan fingerprint density at radius 2 is 1.53 bits per heavy atom. The lowest BCUT2D eigenvalue weighted by Crippen LogP contribution is -2.41. The van der Waals surface area contributed by atoms with E-state index in [4.69, 9.17) is 9.47 Å². The molecule has 1 atom stereocenters. The molecule has 0 aromatic heterocycles. The number of amides is 2. The van der Waals surface area contributed by atoms with Gasteiger partial charge in [0.25, 0.3) is 11.8 Å². The van der Waals surface area contributed by atoms with Crippen LogP contribution in [0.25, 0.3) is 0 Å². The average molecular weight is 433 g/mol. The van der Waals surface area contributed by atoms with Gasteiger partial charge in [0.2, 0.25) is 10.0 Å². The van der Waals surface area contributed by atoms with E-state index in [0.29, 0.717) is 29.2 Å². The average Bonchev–Trinajstić information content (AvgIpc) is 3.06. The number of carbonyl (C=O) groups is 2. The highest BCUT2D eigenvalue weighted by atomic mass is 32.2. The first kappa shape index (κ1) is 21.4. The van der Waals surface area contributed by atoms with E-state index in [9.17, 15) is 18.0 Å². The second-order valence-electron chi connectivity index (χ2n) is 6.93. The van der Waals surface area contributed by atoms with Crippen molar-refractivity contribution in [1.29, 1.82) is 0 Å². The summed E-state index contributed by atoms with van der Waals surface area (Å²) in [7, 11) is -0.455. The SMILES string of the molecule is COc1ccc(C(=O)NNC(=O)c2ccc3c(c2)CC(C)N3S(C)(=O)=O)cc1OC. The lowest BCUT2D eigenvalue weighted by atomic mass is 10.1. The maximum Gasteiger partial charge on any atom is 0.269 e. The zero-order valence-electron chi connectivity index (χ0n) is 17.1. The number of carbonyl (C=O) groups excluding carboxylic acids is 2. The molecule has 0 bridgehead atoms. The van der Waals surface area contributed by atoms with Crippen LogP contribution in [0.2, 0.25) is 0 Å². The van der Waals surface area contributed by atoms with Crippen LogP contribution in [0, 0.1) is 0 Å². The Morgan fingerprint density at radius 3 is 2.10 bits per heavy atom. The number of ether oxygens (including phenoxy) is 2. The predicted octanol–water partition coefficient (Wildman–Crippen LogP) is 1.49. The van der Waals surface area contributed by atoms with E-state index in [2.05, 4.69) is 10.9 Å². The van der Waals surface area contributed by atoms with Crippen molar-refractivity contribution < 1.29 is 27.5 Å². The van der Waals surface area contributed by atoms with Gasteiger partial charge in [0.15, 0.2) is 11.5 Å². The molecule has 2 aromatic rings. The van der Waals surface area contributed by atoms with Gasteiger partial charge in [0.05, 0.1) is 26.2 Å². The first-order valence-corrected chi connectivity index (χ1v) is 11.0. The van der Waals surface area contributed by atoms with Crippen molar-refractivity contribution in [3.63, 3.8) is 0 Å². The van der Waals surface area contributed by atoms with E-state index in [0.717, 1.165) is 11.8 Å². The molecule has 0 spiro atoms. The van der Waals surface area contributed by atoms with Crippen molar-refractivity contribution in [2.75, 3.05) is 24.8 Å². The summed E-state index contributed by atoms with van der Waals surface area (Å²) in [5.41, 5.74) is 6.63. The van der Waals surface area contributed by atoms with E-state index in [-0.39, 0.29) is 11.6 Å². The minimum Gasteiger partial charge on any atom is -0.493 e. The fraction of sp³-hybridized carbons (Fsp3) is 0.300. The van der Waals surface area contributed by atoms with Crippen LogP contribution in [0.3, 0.4) is 0 Å². The van der Waals surface area contributed by atoms with Crippen molar-refractivity contribution >= 4 is 27.5 Å². The number of benzene rings is 2. The van der Waals surface area contributed by atoms with Gasteiger partial charge in [-0.1, -0.05) is 0 Å². The lowest BCUT2D eigenvalue weighted by Gasteiger charge is -2.21. The fourth-order valence-corrected chi connectivity index (χ4v) is 4.75. The number of sulfonamides is 1. The molecule has 1 unspecified atom stereocenters. The van der Waals surface area contributed by atoms with Gasteiger partial charge in [-0.2, -0.15) is 0 Å². The van der Waals surface area contributed by atoms with E-state index in [1.807, 2.05) is 6.92 Å². The highest BCUT2D eigenvalue weighted by molar-refractivity contribution is 7.92. The van der Waals surface area contributed by atoms with Crippen LogP contribution in [0.1, 0.15) is 33.2 Å². The summed E-state index contributed by atoms with van der Waals surface area (Å²) >= 11 is 0. The number of anilines is 1. The normalized spacial score (nSPS) is 15.3. The number of nitrogens with one attached hydrogen (secondary N) is 2. The minimum atomic E-state index is -3.40. The van der Waals surface area contributed by atoms with Gasteiger partial charge < -0.3 is 9.47 Å². The van der Waals surface area contributed by atoms with Gasteiger partial charge in [-0.15, -0.1) is 0 Å². The standard InChI is InChI=1S/C20H23N3O6S/c1-12-9-15-10-13(5-7-16(15)23(12)30(4,26)27)19(24)21-22-20(25)14-6-8-17(28-2)18(11-14)29-3/h5-8,10-12H,9H2,1-4H3,(H,21,24)(H,22,25). The molecule has 1 aliphatic heterocycles. The molecule has 0 aliphatic carbocycles. The van der Waals surface area contributed by atoms with E-state index >= 15 is 0 Å². The highest BCUT2D eigenvalue weighted by Crippen LogP contribution is 2.34. The second kappa shape index (κ2) is 8.23. The molecule has 1 aliphatic rings. The molecule has 10 heteroatoms. The van der Waals surface area contributed by atoms with Gasteiger partial charge in [-0.05, 0) is 55.3 Å². The third kappa shape index (κ3) is 4.18. The molecule has 2 aromatic carbocycles. The van der Waals surface area contributed by atoms with Crippen LogP contribution >= 0.6 is 0 Å². The number of methoxy groups -OCH3 is 2. The first-order valence-electron chi connectivity index (χ1n) is 9.10.